The van der Waals surface area contributed by atoms with Crippen LogP contribution in [0.4, 0.5) is 5.82 Å². The molecule has 0 saturated carbocycles. The minimum absolute atomic E-state index is 0.0763. The Morgan fingerprint density at radius 2 is 1.93 bits per heavy atom. The minimum Gasteiger partial charge on any atom is -0.484 e. The van der Waals surface area contributed by atoms with E-state index in [-0.39, 0.29) is 12.5 Å². The predicted octanol–water partition coefficient (Wildman–Crippen LogP) is 4.12. The number of hydrogen-bond donors (Lipinski definition) is 1. The van der Waals surface area contributed by atoms with Gasteiger partial charge in [0.1, 0.15) is 11.6 Å². The summed E-state index contributed by atoms with van der Waals surface area (Å²) in [6, 6.07) is 17.3. The van der Waals surface area contributed by atoms with Crippen LogP contribution in [0.3, 0.4) is 0 Å². The number of anilines is 1. The lowest BCUT2D eigenvalue weighted by atomic mass is 10.2. The highest BCUT2D eigenvalue weighted by Crippen LogP contribution is 2.27. The number of carbonyl (C=O) groups is 1. The first-order chi connectivity index (χ1) is 13.1. The first kappa shape index (κ1) is 17.2. The van der Waals surface area contributed by atoms with Crippen molar-refractivity contribution in [3.8, 4) is 10.9 Å². The maximum absolute atomic E-state index is 12.3. The number of benzene rings is 2. The molecule has 0 aliphatic rings. The van der Waals surface area contributed by atoms with E-state index < -0.39 is 0 Å². The van der Waals surface area contributed by atoms with Gasteiger partial charge in [-0.25, -0.2) is 4.98 Å². The summed E-state index contributed by atoms with van der Waals surface area (Å²) in [6.45, 7) is 3.80. The van der Waals surface area contributed by atoms with Crippen molar-refractivity contribution in [2.75, 3.05) is 11.9 Å². The van der Waals surface area contributed by atoms with E-state index in [9.17, 15) is 4.79 Å². The highest BCUT2D eigenvalue weighted by Gasteiger charge is 2.14. The molecule has 0 aliphatic heterocycles. The van der Waals surface area contributed by atoms with Crippen molar-refractivity contribution in [2.45, 2.75) is 13.8 Å². The van der Waals surface area contributed by atoms with Crippen LogP contribution in [-0.4, -0.2) is 27.3 Å². The van der Waals surface area contributed by atoms with Gasteiger partial charge in [-0.05, 0) is 38.1 Å². The van der Waals surface area contributed by atoms with Crippen molar-refractivity contribution in [3.05, 3.63) is 65.9 Å². The Bertz CT molecular complexity index is 1070. The lowest BCUT2D eigenvalue weighted by molar-refractivity contribution is -0.118. The van der Waals surface area contributed by atoms with Crippen LogP contribution >= 0.6 is 11.3 Å². The molecule has 27 heavy (non-hydrogen) atoms. The van der Waals surface area contributed by atoms with Crippen LogP contribution in [0, 0.1) is 13.8 Å². The maximum Gasteiger partial charge on any atom is 0.263 e. The Labute approximate surface area is 160 Å². The van der Waals surface area contributed by atoms with E-state index in [0.717, 1.165) is 21.5 Å². The van der Waals surface area contributed by atoms with E-state index in [1.807, 2.05) is 68.4 Å². The van der Waals surface area contributed by atoms with Crippen LogP contribution in [0.25, 0.3) is 15.3 Å². The average molecular weight is 378 g/mol. The van der Waals surface area contributed by atoms with Gasteiger partial charge >= 0.3 is 0 Å². The minimum atomic E-state index is -0.252. The molecule has 0 bridgehead atoms. The molecule has 4 aromatic rings. The molecule has 0 saturated heterocycles. The van der Waals surface area contributed by atoms with E-state index in [2.05, 4.69) is 15.4 Å². The van der Waals surface area contributed by atoms with Crippen molar-refractivity contribution in [1.82, 2.24) is 14.8 Å². The Hall–Kier alpha value is -3.19. The molecule has 1 amide bonds. The van der Waals surface area contributed by atoms with E-state index in [1.165, 1.54) is 11.3 Å². The Morgan fingerprint density at radius 3 is 2.70 bits per heavy atom. The number of aryl methyl sites for hydroxylation is 2. The summed E-state index contributed by atoms with van der Waals surface area (Å²) in [5.74, 6) is 0.980. The summed E-state index contributed by atoms with van der Waals surface area (Å²) < 4.78 is 8.27. The molecule has 2 aromatic heterocycles. The third kappa shape index (κ3) is 3.83. The van der Waals surface area contributed by atoms with Gasteiger partial charge in [-0.15, -0.1) is 0 Å². The van der Waals surface area contributed by atoms with Crippen LogP contribution in [0.2, 0.25) is 0 Å². The number of rotatable bonds is 5. The first-order valence-corrected chi connectivity index (χ1v) is 9.32. The van der Waals surface area contributed by atoms with Gasteiger partial charge in [0.25, 0.3) is 5.91 Å². The Kier molecular flexibility index (Phi) is 4.60. The summed E-state index contributed by atoms with van der Waals surface area (Å²) >= 11 is 1.52. The van der Waals surface area contributed by atoms with E-state index in [0.29, 0.717) is 16.7 Å². The second kappa shape index (κ2) is 7.20. The van der Waals surface area contributed by atoms with E-state index >= 15 is 0 Å². The summed E-state index contributed by atoms with van der Waals surface area (Å²) in [4.78, 5) is 16.9. The fraction of sp³-hybridized carbons (Fsp3) is 0.150. The van der Waals surface area contributed by atoms with E-state index in [4.69, 9.17) is 4.74 Å². The summed E-state index contributed by atoms with van der Waals surface area (Å²) in [5.41, 5.74) is 2.84. The van der Waals surface area contributed by atoms with Crippen molar-refractivity contribution in [3.63, 3.8) is 0 Å². The number of thiazole rings is 1. The zero-order chi connectivity index (χ0) is 18.8. The molecular weight excluding hydrogens is 360 g/mol. The number of amides is 1. The summed E-state index contributed by atoms with van der Waals surface area (Å²) in [5, 5.41) is 8.03. The van der Waals surface area contributed by atoms with E-state index in [1.54, 1.807) is 4.68 Å². The molecule has 0 radical (unpaired) electrons. The zero-order valence-corrected chi connectivity index (χ0v) is 15.8. The molecule has 0 spiro atoms. The number of nitrogens with one attached hydrogen (secondary N) is 1. The summed E-state index contributed by atoms with van der Waals surface area (Å²) in [7, 11) is 0. The standard InChI is InChI=1S/C20H18N4O2S/c1-13-7-9-15(10-8-13)26-12-19(25)22-18-11-14(2)23-24(18)20-21-16-5-3-4-6-17(16)27-20/h3-11H,12H2,1-2H3,(H,22,25). The average Bonchev–Trinajstić information content (AvgIpc) is 3.24. The lowest BCUT2D eigenvalue weighted by Crippen LogP contribution is -2.21. The van der Waals surface area contributed by atoms with Crippen LogP contribution in [0.15, 0.2) is 54.6 Å². The highest BCUT2D eigenvalue weighted by atomic mass is 32.1. The normalized spacial score (nSPS) is 10.9. The Balaban J connectivity index is 1.50. The van der Waals surface area contributed by atoms with Crippen molar-refractivity contribution < 1.29 is 9.53 Å². The van der Waals surface area contributed by atoms with Gasteiger partial charge in [0.15, 0.2) is 6.61 Å². The molecule has 7 heteroatoms. The van der Waals surface area contributed by atoms with Gasteiger partial charge in [-0.2, -0.15) is 9.78 Å². The SMILES string of the molecule is Cc1ccc(OCC(=O)Nc2cc(C)nn2-c2nc3ccccc3s2)cc1. The molecule has 2 heterocycles. The molecule has 0 fully saturated rings. The molecule has 4 rings (SSSR count). The maximum atomic E-state index is 12.3. The number of aromatic nitrogens is 3. The second-order valence-electron chi connectivity index (χ2n) is 6.20. The van der Waals surface area contributed by atoms with Crippen molar-refractivity contribution >= 4 is 33.3 Å². The van der Waals surface area contributed by atoms with Gasteiger partial charge in [0.05, 0.1) is 15.9 Å². The number of hydrogen-bond acceptors (Lipinski definition) is 5. The third-order valence-corrected chi connectivity index (χ3v) is 4.97. The monoisotopic (exact) mass is 378 g/mol. The molecule has 0 aliphatic carbocycles. The molecular formula is C20H18N4O2S. The Morgan fingerprint density at radius 1 is 1.15 bits per heavy atom. The number of para-hydroxylation sites is 1. The van der Waals surface area contributed by atoms with Gasteiger partial charge < -0.3 is 10.1 Å². The molecule has 0 atom stereocenters. The zero-order valence-electron chi connectivity index (χ0n) is 15.0. The number of nitrogens with zero attached hydrogens (tertiary/aromatic N) is 3. The number of fused-ring (bicyclic) bond motifs is 1. The molecule has 2 aromatic carbocycles. The molecule has 0 unspecified atom stereocenters. The van der Waals surface area contributed by atoms with Gasteiger partial charge in [0.2, 0.25) is 5.13 Å². The lowest BCUT2D eigenvalue weighted by Gasteiger charge is -2.08. The fourth-order valence-corrected chi connectivity index (χ4v) is 3.58. The van der Waals surface area contributed by atoms with Crippen LogP contribution in [0.5, 0.6) is 5.75 Å². The smallest absolute Gasteiger partial charge is 0.263 e. The molecule has 1 N–H and O–H groups in total. The van der Waals surface area contributed by atoms with Crippen molar-refractivity contribution in [2.24, 2.45) is 0 Å². The first-order valence-electron chi connectivity index (χ1n) is 8.50. The van der Waals surface area contributed by atoms with Gasteiger partial charge in [-0.3, -0.25) is 4.79 Å². The largest absolute Gasteiger partial charge is 0.484 e. The van der Waals surface area contributed by atoms with Crippen LogP contribution < -0.4 is 10.1 Å². The van der Waals surface area contributed by atoms with Gasteiger partial charge in [0, 0.05) is 6.07 Å². The number of ether oxygens (including phenoxy) is 1. The number of carbonyl (C=O) groups excluding carboxylic acids is 1. The topological polar surface area (TPSA) is 69.0 Å². The van der Waals surface area contributed by atoms with Crippen LogP contribution in [-0.2, 0) is 4.79 Å². The summed E-state index contributed by atoms with van der Waals surface area (Å²) in [6.07, 6.45) is 0. The quantitative estimate of drug-likeness (QED) is 0.567. The third-order valence-electron chi connectivity index (χ3n) is 3.95. The second-order valence-corrected chi connectivity index (χ2v) is 7.21. The van der Waals surface area contributed by atoms with Crippen molar-refractivity contribution in [1.29, 1.82) is 0 Å². The fourth-order valence-electron chi connectivity index (χ4n) is 2.65. The molecule has 6 nitrogen and oxygen atoms in total. The predicted molar refractivity (Wildman–Crippen MR) is 107 cm³/mol. The van der Waals surface area contributed by atoms with Crippen LogP contribution in [0.1, 0.15) is 11.3 Å². The molecule has 136 valence electrons. The highest BCUT2D eigenvalue weighted by molar-refractivity contribution is 7.20. The van der Waals surface area contributed by atoms with Gasteiger partial charge in [-0.1, -0.05) is 41.2 Å².